The molecule has 0 spiro atoms. The Kier molecular flexibility index (Phi) is 12.0. The van der Waals surface area contributed by atoms with Crippen LogP contribution in [0.2, 0.25) is 0 Å². The summed E-state index contributed by atoms with van der Waals surface area (Å²) in [5.41, 5.74) is 1.69. The normalized spacial score (nSPS) is 13.9. The molecule has 42 heavy (non-hydrogen) atoms. The van der Waals surface area contributed by atoms with Crippen LogP contribution in [-0.2, 0) is 38.6 Å². The van der Waals surface area contributed by atoms with Crippen LogP contribution in [0.15, 0.2) is 109 Å². The number of benzene rings is 4. The summed E-state index contributed by atoms with van der Waals surface area (Å²) in [4.78, 5) is 0. The molecule has 0 saturated heterocycles. The van der Waals surface area contributed by atoms with Gasteiger partial charge in [0, 0.05) is 11.1 Å². The Balaban J connectivity index is 0.000000297. The van der Waals surface area contributed by atoms with E-state index in [-0.39, 0.29) is 68.6 Å². The van der Waals surface area contributed by atoms with Crippen molar-refractivity contribution in [2.75, 3.05) is 0 Å². The SMILES string of the molecule is CC1C(c2cc(C(F)(F)F)cc(C(F)(F)F)c2)=[C-]c2ccccc21.[Cl-].[Cl-].[Zr+4].c1ccc(-c2cc3ccccc3[cH-]2)cc1. The molecule has 0 radical (unpaired) electrons. The Morgan fingerprint density at radius 2 is 1.19 bits per heavy atom. The molecular formula is C33H22Cl2F6Zr. The molecule has 1 atom stereocenters. The second-order valence-electron chi connectivity index (χ2n) is 9.38. The maximum Gasteiger partial charge on any atom is 4.00 e. The number of fused-ring (bicyclic) bond motifs is 2. The fourth-order valence-corrected chi connectivity index (χ4v) is 4.78. The summed E-state index contributed by atoms with van der Waals surface area (Å²) in [7, 11) is 0. The van der Waals surface area contributed by atoms with Crippen LogP contribution in [0.3, 0.4) is 0 Å². The van der Waals surface area contributed by atoms with Gasteiger partial charge in [-0.3, -0.25) is 0 Å². The molecule has 1 aliphatic rings. The summed E-state index contributed by atoms with van der Waals surface area (Å²) in [6.07, 6.45) is -6.77. The van der Waals surface area contributed by atoms with Crippen LogP contribution in [0.1, 0.15) is 40.7 Å². The van der Waals surface area contributed by atoms with Crippen LogP contribution in [-0.4, -0.2) is 0 Å². The van der Waals surface area contributed by atoms with Crippen LogP contribution in [0.25, 0.3) is 27.5 Å². The fraction of sp³-hybridized carbons (Fsp3) is 0.121. The van der Waals surface area contributed by atoms with Crippen LogP contribution in [0.5, 0.6) is 0 Å². The second kappa shape index (κ2) is 14.2. The topological polar surface area (TPSA) is 0 Å². The predicted octanol–water partition coefficient (Wildman–Crippen LogP) is 4.31. The molecule has 0 aromatic heterocycles. The van der Waals surface area contributed by atoms with Crippen molar-refractivity contribution < 1.29 is 77.4 Å². The molecule has 0 N–H and O–H groups in total. The van der Waals surface area contributed by atoms with E-state index in [4.69, 9.17) is 0 Å². The molecule has 214 valence electrons. The summed E-state index contributed by atoms with van der Waals surface area (Å²) < 4.78 is 77.9. The molecular weight excluding hydrogens is 672 g/mol. The minimum Gasteiger partial charge on any atom is -1.00 e. The van der Waals surface area contributed by atoms with E-state index in [9.17, 15) is 26.3 Å². The van der Waals surface area contributed by atoms with Crippen LogP contribution >= 0.6 is 0 Å². The van der Waals surface area contributed by atoms with Gasteiger partial charge >= 0.3 is 38.6 Å². The van der Waals surface area contributed by atoms with Gasteiger partial charge in [0.2, 0.25) is 0 Å². The molecule has 6 rings (SSSR count). The Bertz CT molecular complexity index is 1590. The Morgan fingerprint density at radius 1 is 0.643 bits per heavy atom. The van der Waals surface area contributed by atoms with E-state index >= 15 is 0 Å². The van der Waals surface area contributed by atoms with Gasteiger partial charge in [-0.2, -0.15) is 26.3 Å². The molecule has 0 fully saturated rings. The first-order valence-corrected chi connectivity index (χ1v) is 12.2. The first-order valence-electron chi connectivity index (χ1n) is 12.2. The van der Waals surface area contributed by atoms with Crippen molar-refractivity contribution in [1.29, 1.82) is 0 Å². The number of alkyl halides is 6. The minimum absolute atomic E-state index is 0. The monoisotopic (exact) mass is 692 g/mol. The third-order valence-corrected chi connectivity index (χ3v) is 6.75. The maximum absolute atomic E-state index is 13.0. The average Bonchev–Trinajstić information content (AvgIpc) is 3.50. The molecule has 1 aliphatic carbocycles. The third-order valence-electron chi connectivity index (χ3n) is 6.75. The number of rotatable bonds is 2. The Hall–Kier alpha value is -2.73. The first kappa shape index (κ1) is 35.5. The standard InChI is InChI=1S/C18H11F6.C15H11.2ClH.Zr/c1-10-15-5-3-2-4-11(15)8-16(10)12-6-13(17(19,20)21)9-14(7-12)18(22,23)24;1-2-6-12(7-3-1)15-10-13-8-4-5-9-14(13)11-15;;;/h2-7,9-10H,1H3;1-11H;2*1H;/q2*-1;;;+4/p-2. The van der Waals surface area contributed by atoms with Gasteiger partial charge in [-0.25, -0.2) is 0 Å². The molecule has 0 nitrogen and oxygen atoms in total. The number of halogens is 8. The van der Waals surface area contributed by atoms with E-state index in [0.29, 0.717) is 11.1 Å². The molecule has 0 amide bonds. The van der Waals surface area contributed by atoms with Gasteiger partial charge in [0.25, 0.3) is 0 Å². The van der Waals surface area contributed by atoms with Gasteiger partial charge in [-0.1, -0.05) is 84.8 Å². The van der Waals surface area contributed by atoms with Gasteiger partial charge in [-0.05, 0) is 12.0 Å². The molecule has 5 aromatic carbocycles. The predicted molar refractivity (Wildman–Crippen MR) is 142 cm³/mol. The molecule has 0 saturated carbocycles. The van der Waals surface area contributed by atoms with Crippen LogP contribution < -0.4 is 24.8 Å². The van der Waals surface area contributed by atoms with E-state index < -0.39 is 23.5 Å². The maximum atomic E-state index is 13.0. The summed E-state index contributed by atoms with van der Waals surface area (Å²) in [5, 5.41) is 2.63. The quantitative estimate of drug-likeness (QED) is 0.191. The van der Waals surface area contributed by atoms with E-state index in [1.165, 1.54) is 21.9 Å². The summed E-state index contributed by atoms with van der Waals surface area (Å²) in [6.45, 7) is 1.74. The van der Waals surface area contributed by atoms with E-state index in [1.807, 2.05) is 6.07 Å². The summed E-state index contributed by atoms with van der Waals surface area (Å²) in [5.74, 6) is -0.328. The van der Waals surface area contributed by atoms with Crippen LogP contribution in [0.4, 0.5) is 26.3 Å². The van der Waals surface area contributed by atoms with Crippen molar-refractivity contribution >= 4 is 16.3 Å². The van der Waals surface area contributed by atoms with Gasteiger partial charge in [0.05, 0.1) is 0 Å². The second-order valence-corrected chi connectivity index (χ2v) is 9.38. The Labute approximate surface area is 271 Å². The van der Waals surface area contributed by atoms with Crippen LogP contribution in [0, 0.1) is 6.08 Å². The molecule has 5 aromatic rings. The minimum atomic E-state index is -4.86. The van der Waals surface area contributed by atoms with Crippen molar-refractivity contribution in [3.63, 3.8) is 0 Å². The number of hydrogen-bond acceptors (Lipinski definition) is 0. The van der Waals surface area contributed by atoms with E-state index in [2.05, 4.69) is 66.7 Å². The molecule has 1 unspecified atom stereocenters. The van der Waals surface area contributed by atoms with Crippen molar-refractivity contribution in [3.8, 4) is 11.1 Å². The third kappa shape index (κ3) is 7.80. The van der Waals surface area contributed by atoms with Crippen molar-refractivity contribution in [2.24, 2.45) is 0 Å². The zero-order valence-corrected chi connectivity index (χ0v) is 26.0. The van der Waals surface area contributed by atoms with Gasteiger partial charge in [-0.15, -0.1) is 75.5 Å². The Morgan fingerprint density at radius 3 is 1.76 bits per heavy atom. The average molecular weight is 695 g/mol. The van der Waals surface area contributed by atoms with Crippen molar-refractivity contribution in [3.05, 3.63) is 143 Å². The van der Waals surface area contributed by atoms with Gasteiger partial charge in [0.1, 0.15) is 0 Å². The molecule has 9 heteroatoms. The molecule has 0 bridgehead atoms. The summed E-state index contributed by atoms with van der Waals surface area (Å²) in [6, 6.07) is 32.1. The largest absolute Gasteiger partial charge is 4.00 e. The number of hydrogen-bond donors (Lipinski definition) is 0. The smallest absolute Gasteiger partial charge is 1.00 e. The summed E-state index contributed by atoms with van der Waals surface area (Å²) >= 11 is 0. The van der Waals surface area contributed by atoms with E-state index in [1.54, 1.807) is 31.2 Å². The molecule has 0 aliphatic heterocycles. The van der Waals surface area contributed by atoms with Crippen molar-refractivity contribution in [2.45, 2.75) is 25.2 Å². The zero-order valence-electron chi connectivity index (χ0n) is 22.0. The van der Waals surface area contributed by atoms with E-state index in [0.717, 1.165) is 17.7 Å². The van der Waals surface area contributed by atoms with Gasteiger partial charge in [0.15, 0.2) is 0 Å². The molecule has 0 heterocycles. The number of allylic oxidation sites excluding steroid dienone is 1. The fourth-order valence-electron chi connectivity index (χ4n) is 4.78. The van der Waals surface area contributed by atoms with Gasteiger partial charge < -0.3 is 24.8 Å². The first-order chi connectivity index (χ1) is 18.5. The van der Waals surface area contributed by atoms with Crippen molar-refractivity contribution in [1.82, 2.24) is 0 Å². The zero-order chi connectivity index (χ0) is 27.8.